The number of aliphatic hydroxyl groups is 4. The zero-order chi connectivity index (χ0) is 42.2. The van der Waals surface area contributed by atoms with Crippen molar-refractivity contribution in [2.24, 2.45) is 35.5 Å². The number of hydrogen-bond donors (Lipinski definition) is 4. The molecule has 3 heterocycles. The molecular formula is C44H73NO12. The Balaban J connectivity index is 1.75. The van der Waals surface area contributed by atoms with Crippen molar-refractivity contribution in [3.63, 3.8) is 0 Å². The van der Waals surface area contributed by atoms with Crippen LogP contribution in [0.4, 0.5) is 0 Å². The SMILES string of the molecule is C=CCC1CC(C)CC(C)CC(OC)C2OC(O)(C(C)CC2OC)C(O)C(=O)N2CCCCC2C(=O)OC(C(C)=CC2CCC(O)C(OC)C2)C(C)C(O)CC1=O. The zero-order valence-electron chi connectivity index (χ0n) is 35.7. The summed E-state index contributed by atoms with van der Waals surface area (Å²) in [6.45, 7) is 13.6. The van der Waals surface area contributed by atoms with E-state index < -0.39 is 78.3 Å². The molecule has 3 aliphatic heterocycles. The summed E-state index contributed by atoms with van der Waals surface area (Å²) in [6, 6.07) is -1.07. The third kappa shape index (κ3) is 11.5. The molecule has 16 unspecified atom stereocenters. The number of fused-ring (bicyclic) bond motifs is 3. The molecule has 4 aliphatic rings. The fourth-order valence-electron chi connectivity index (χ4n) is 10.00. The van der Waals surface area contributed by atoms with Gasteiger partial charge < -0.3 is 49.0 Å². The Morgan fingerprint density at radius 2 is 1.51 bits per heavy atom. The number of hydrogen-bond acceptors (Lipinski definition) is 12. The van der Waals surface area contributed by atoms with E-state index in [2.05, 4.69) is 20.4 Å². The molecule has 0 aromatic heterocycles. The van der Waals surface area contributed by atoms with Crippen molar-refractivity contribution in [3.8, 4) is 0 Å². The van der Waals surface area contributed by atoms with Crippen LogP contribution in [0.2, 0.25) is 0 Å². The molecule has 57 heavy (non-hydrogen) atoms. The van der Waals surface area contributed by atoms with Crippen LogP contribution in [-0.2, 0) is 38.1 Å². The second-order valence-corrected chi connectivity index (χ2v) is 17.9. The number of aliphatic hydroxyl groups excluding tert-OH is 3. The Hall–Kier alpha value is -2.23. The number of piperidine rings is 1. The Morgan fingerprint density at radius 3 is 2.16 bits per heavy atom. The summed E-state index contributed by atoms with van der Waals surface area (Å²) in [5, 5.41) is 46.1. The predicted molar refractivity (Wildman–Crippen MR) is 214 cm³/mol. The molecule has 1 amide bonds. The Morgan fingerprint density at radius 1 is 0.860 bits per heavy atom. The lowest BCUT2D eigenvalue weighted by Crippen LogP contribution is -2.66. The standard InChI is InChI=1S/C44H73NO12/c1-10-13-31-19-25(2)18-26(3)20-37(54-8)40-38(55-9)22-28(5)44(52,57-40)41(49)42(50)45-17-12-11-14-32(45)43(51)56-39(29(6)34(47)24-35(31)48)27(4)21-30-15-16-33(46)36(23-30)53-7/h10,21,25-26,28-34,36-41,46-47,49,52H,1,11-20,22-24H2,2-9H3. The quantitative estimate of drug-likeness (QED) is 0.209. The van der Waals surface area contributed by atoms with Crippen LogP contribution in [0.5, 0.6) is 0 Å². The summed E-state index contributed by atoms with van der Waals surface area (Å²) in [6.07, 6.45) is 2.57. The van der Waals surface area contributed by atoms with Gasteiger partial charge in [0.15, 0.2) is 6.10 Å². The largest absolute Gasteiger partial charge is 0.456 e. The molecule has 3 saturated heterocycles. The maximum Gasteiger partial charge on any atom is 0.329 e. The lowest BCUT2D eigenvalue weighted by atomic mass is 9.79. The summed E-state index contributed by atoms with van der Waals surface area (Å²) < 4.78 is 30.0. The molecule has 1 aliphatic carbocycles. The van der Waals surface area contributed by atoms with Crippen LogP contribution in [-0.4, -0.2) is 132 Å². The first-order chi connectivity index (χ1) is 27.0. The zero-order valence-corrected chi connectivity index (χ0v) is 35.7. The average molecular weight is 808 g/mol. The van der Waals surface area contributed by atoms with Gasteiger partial charge in [0.25, 0.3) is 5.91 Å². The van der Waals surface area contributed by atoms with E-state index in [1.54, 1.807) is 41.3 Å². The first kappa shape index (κ1) is 47.4. The van der Waals surface area contributed by atoms with Crippen LogP contribution in [0.1, 0.15) is 112 Å². The lowest BCUT2D eigenvalue weighted by Gasteiger charge is -2.49. The van der Waals surface area contributed by atoms with Crippen LogP contribution >= 0.6 is 0 Å². The van der Waals surface area contributed by atoms with Crippen molar-refractivity contribution in [2.45, 2.75) is 172 Å². The molecule has 0 spiro atoms. The highest BCUT2D eigenvalue weighted by molar-refractivity contribution is 5.88. The average Bonchev–Trinajstić information content (AvgIpc) is 3.18. The van der Waals surface area contributed by atoms with Crippen molar-refractivity contribution >= 4 is 17.7 Å². The summed E-state index contributed by atoms with van der Waals surface area (Å²) >= 11 is 0. The summed E-state index contributed by atoms with van der Waals surface area (Å²) in [5.41, 5.74) is 0.682. The van der Waals surface area contributed by atoms with E-state index >= 15 is 0 Å². The fourth-order valence-corrected chi connectivity index (χ4v) is 10.00. The molecule has 1 saturated carbocycles. The Kier molecular flexibility index (Phi) is 17.8. The molecule has 13 nitrogen and oxygen atoms in total. The van der Waals surface area contributed by atoms with E-state index in [-0.39, 0.29) is 61.4 Å². The van der Waals surface area contributed by atoms with Crippen molar-refractivity contribution in [1.29, 1.82) is 0 Å². The first-order valence-corrected chi connectivity index (χ1v) is 21.3. The smallest absolute Gasteiger partial charge is 0.329 e. The van der Waals surface area contributed by atoms with Crippen LogP contribution in [0.3, 0.4) is 0 Å². The normalized spacial score (nSPS) is 42.7. The number of nitrogens with zero attached hydrogens (tertiary/aromatic N) is 1. The van der Waals surface area contributed by atoms with E-state index in [0.29, 0.717) is 56.9 Å². The number of ether oxygens (including phenoxy) is 5. The van der Waals surface area contributed by atoms with Gasteiger partial charge in [-0.3, -0.25) is 9.59 Å². The summed E-state index contributed by atoms with van der Waals surface area (Å²) in [7, 11) is 4.69. The molecule has 13 heteroatoms. The first-order valence-electron chi connectivity index (χ1n) is 21.3. The monoisotopic (exact) mass is 808 g/mol. The van der Waals surface area contributed by atoms with Crippen molar-refractivity contribution in [1.82, 2.24) is 4.90 Å². The van der Waals surface area contributed by atoms with Crippen LogP contribution in [0.25, 0.3) is 0 Å². The third-order valence-electron chi connectivity index (χ3n) is 13.5. The van der Waals surface area contributed by atoms with Crippen molar-refractivity contribution in [2.75, 3.05) is 27.9 Å². The molecule has 4 fully saturated rings. The summed E-state index contributed by atoms with van der Waals surface area (Å²) in [5.74, 6) is -5.49. The number of esters is 1. The van der Waals surface area contributed by atoms with E-state index in [4.69, 9.17) is 23.7 Å². The molecule has 4 rings (SSSR count). The van der Waals surface area contributed by atoms with E-state index in [1.165, 1.54) is 4.90 Å². The molecule has 0 aromatic rings. The highest BCUT2D eigenvalue weighted by Gasteiger charge is 2.56. The van der Waals surface area contributed by atoms with Gasteiger partial charge in [-0.05, 0) is 101 Å². The second-order valence-electron chi connectivity index (χ2n) is 17.9. The predicted octanol–water partition coefficient (Wildman–Crippen LogP) is 4.51. The van der Waals surface area contributed by atoms with Gasteiger partial charge in [-0.25, -0.2) is 4.79 Å². The van der Waals surface area contributed by atoms with E-state index in [0.717, 1.165) is 6.42 Å². The molecule has 326 valence electrons. The van der Waals surface area contributed by atoms with Gasteiger partial charge in [0, 0.05) is 52.0 Å². The number of carbonyl (C=O) groups excluding carboxylic acids is 3. The van der Waals surface area contributed by atoms with Gasteiger partial charge in [0.2, 0.25) is 5.79 Å². The van der Waals surface area contributed by atoms with Crippen molar-refractivity contribution in [3.05, 3.63) is 24.3 Å². The third-order valence-corrected chi connectivity index (χ3v) is 13.5. The minimum atomic E-state index is -2.30. The fraction of sp³-hybridized carbons (Fsp3) is 0.841. The van der Waals surface area contributed by atoms with Gasteiger partial charge in [0.1, 0.15) is 24.0 Å². The minimum Gasteiger partial charge on any atom is -0.456 e. The van der Waals surface area contributed by atoms with E-state index in [1.807, 2.05) is 13.0 Å². The van der Waals surface area contributed by atoms with Crippen LogP contribution in [0, 0.1) is 35.5 Å². The number of carbonyl (C=O) groups is 3. The van der Waals surface area contributed by atoms with Gasteiger partial charge >= 0.3 is 5.97 Å². The highest BCUT2D eigenvalue weighted by Crippen LogP contribution is 2.41. The van der Waals surface area contributed by atoms with Crippen molar-refractivity contribution < 1.29 is 58.5 Å². The van der Waals surface area contributed by atoms with Gasteiger partial charge in [-0.2, -0.15) is 0 Å². The topological polar surface area (TPSA) is 182 Å². The van der Waals surface area contributed by atoms with Crippen LogP contribution in [0.15, 0.2) is 24.3 Å². The second kappa shape index (κ2) is 21.3. The molecule has 16 atom stereocenters. The minimum absolute atomic E-state index is 0.00869. The van der Waals surface area contributed by atoms with Gasteiger partial charge in [0.05, 0.1) is 30.5 Å². The number of rotatable bonds is 7. The van der Waals surface area contributed by atoms with Gasteiger partial charge in [-0.1, -0.05) is 39.8 Å². The van der Waals surface area contributed by atoms with Gasteiger partial charge in [-0.15, -0.1) is 6.58 Å². The molecule has 2 bridgehead atoms. The highest BCUT2D eigenvalue weighted by atomic mass is 16.7. The summed E-state index contributed by atoms with van der Waals surface area (Å²) in [4.78, 5) is 43.9. The molecular weight excluding hydrogens is 734 g/mol. The maximum absolute atomic E-state index is 14.3. The number of cyclic esters (lactones) is 1. The molecule has 0 radical (unpaired) electrons. The number of allylic oxidation sites excluding steroid dienone is 2. The number of ketones is 1. The number of amides is 1. The molecule has 4 N–H and O–H groups in total. The lowest BCUT2D eigenvalue weighted by molar-refractivity contribution is -0.346. The Bertz CT molecular complexity index is 1370. The Labute approximate surface area is 340 Å². The van der Waals surface area contributed by atoms with Crippen LogP contribution < -0.4 is 0 Å². The number of methoxy groups -OCH3 is 3. The van der Waals surface area contributed by atoms with E-state index in [9.17, 15) is 34.8 Å². The molecule has 0 aromatic carbocycles. The number of Topliss-reactive ketones (excluding diaryl/α,β-unsaturated/α-hetero) is 1. The maximum atomic E-state index is 14.3.